The molecule has 2 rings (SSSR count). The standard InChI is InChI=1S/C13H17ClFNO4S/c1-20-10-3-2-9(5-10)16-21(18,19)11-4-8(7-17)13(14)12(15)6-11/h4,6,9-10,16-17H,2-3,5,7H2,1H3. The smallest absolute Gasteiger partial charge is 0.240 e. The molecule has 0 aromatic heterocycles. The van der Waals surface area contributed by atoms with Gasteiger partial charge in [0.25, 0.3) is 0 Å². The fraction of sp³-hybridized carbons (Fsp3) is 0.538. The fourth-order valence-corrected chi connectivity index (χ4v) is 3.95. The summed E-state index contributed by atoms with van der Waals surface area (Å²) in [6.45, 7) is -0.533. The molecule has 1 aromatic rings. The number of ether oxygens (including phenoxy) is 1. The Morgan fingerprint density at radius 1 is 1.48 bits per heavy atom. The van der Waals surface area contributed by atoms with Gasteiger partial charge in [0.15, 0.2) is 0 Å². The molecular weight excluding hydrogens is 321 g/mol. The van der Waals surface area contributed by atoms with Gasteiger partial charge in [0.1, 0.15) is 5.82 Å². The van der Waals surface area contributed by atoms with Crippen molar-refractivity contribution in [1.82, 2.24) is 4.72 Å². The number of aliphatic hydroxyl groups is 1. The number of aliphatic hydroxyl groups excluding tert-OH is 1. The summed E-state index contributed by atoms with van der Waals surface area (Å²) in [6, 6.07) is 1.79. The lowest BCUT2D eigenvalue weighted by Crippen LogP contribution is -2.33. The van der Waals surface area contributed by atoms with Crippen LogP contribution in [0.1, 0.15) is 24.8 Å². The van der Waals surface area contributed by atoms with Crippen LogP contribution < -0.4 is 4.72 Å². The Bertz CT molecular complexity index is 623. The highest BCUT2D eigenvalue weighted by Gasteiger charge is 2.29. The summed E-state index contributed by atoms with van der Waals surface area (Å²) in [5.41, 5.74) is 0.0400. The van der Waals surface area contributed by atoms with E-state index >= 15 is 0 Å². The molecule has 0 bridgehead atoms. The van der Waals surface area contributed by atoms with E-state index in [1.807, 2.05) is 0 Å². The van der Waals surface area contributed by atoms with Crippen molar-refractivity contribution >= 4 is 21.6 Å². The van der Waals surface area contributed by atoms with E-state index in [1.54, 1.807) is 7.11 Å². The van der Waals surface area contributed by atoms with Gasteiger partial charge in [0.05, 0.1) is 22.6 Å². The predicted molar refractivity (Wildman–Crippen MR) is 76.1 cm³/mol. The molecule has 1 saturated carbocycles. The van der Waals surface area contributed by atoms with Gasteiger partial charge in [0.2, 0.25) is 10.0 Å². The van der Waals surface area contributed by atoms with E-state index in [-0.39, 0.29) is 27.6 Å². The first-order chi connectivity index (χ1) is 9.87. The van der Waals surface area contributed by atoms with Gasteiger partial charge in [-0.1, -0.05) is 11.6 Å². The van der Waals surface area contributed by atoms with E-state index in [0.29, 0.717) is 12.8 Å². The average molecular weight is 338 g/mol. The molecule has 2 N–H and O–H groups in total. The maximum atomic E-state index is 13.6. The van der Waals surface area contributed by atoms with Crippen LogP contribution in [0.3, 0.4) is 0 Å². The Morgan fingerprint density at radius 3 is 2.76 bits per heavy atom. The third-order valence-electron chi connectivity index (χ3n) is 3.60. The van der Waals surface area contributed by atoms with Gasteiger partial charge >= 0.3 is 0 Å². The lowest BCUT2D eigenvalue weighted by molar-refractivity contribution is 0.107. The Labute approximate surface area is 128 Å². The normalized spacial score (nSPS) is 22.7. The summed E-state index contributed by atoms with van der Waals surface area (Å²) < 4.78 is 45.9. The zero-order valence-corrected chi connectivity index (χ0v) is 13.0. The van der Waals surface area contributed by atoms with Crippen LogP contribution in [0.15, 0.2) is 17.0 Å². The maximum Gasteiger partial charge on any atom is 0.240 e. The second-order valence-corrected chi connectivity index (χ2v) is 7.12. The van der Waals surface area contributed by atoms with Crippen LogP contribution in [0, 0.1) is 5.82 Å². The Morgan fingerprint density at radius 2 is 2.19 bits per heavy atom. The highest BCUT2D eigenvalue weighted by molar-refractivity contribution is 7.89. The summed E-state index contributed by atoms with van der Waals surface area (Å²) in [6.07, 6.45) is 2.06. The summed E-state index contributed by atoms with van der Waals surface area (Å²) in [5.74, 6) is -0.871. The molecule has 0 saturated heterocycles. The quantitative estimate of drug-likeness (QED) is 0.859. The van der Waals surface area contributed by atoms with E-state index in [2.05, 4.69) is 4.72 Å². The van der Waals surface area contributed by atoms with Crippen molar-refractivity contribution in [2.45, 2.75) is 42.9 Å². The van der Waals surface area contributed by atoms with E-state index in [1.165, 1.54) is 6.07 Å². The number of hydrogen-bond donors (Lipinski definition) is 2. The van der Waals surface area contributed by atoms with Gasteiger partial charge in [-0.15, -0.1) is 0 Å². The molecule has 8 heteroatoms. The second kappa shape index (κ2) is 6.58. The molecular formula is C13H17ClFNO4S. The molecule has 1 fully saturated rings. The fourth-order valence-electron chi connectivity index (χ4n) is 2.44. The van der Waals surface area contributed by atoms with Crippen molar-refractivity contribution in [1.29, 1.82) is 0 Å². The van der Waals surface area contributed by atoms with Crippen LogP contribution in [0.5, 0.6) is 0 Å². The third-order valence-corrected chi connectivity index (χ3v) is 5.52. The lowest BCUT2D eigenvalue weighted by atomic mass is 10.2. The van der Waals surface area contributed by atoms with Gasteiger partial charge in [0, 0.05) is 18.7 Å². The van der Waals surface area contributed by atoms with Crippen LogP contribution in [-0.4, -0.2) is 32.8 Å². The summed E-state index contributed by atoms with van der Waals surface area (Å²) in [7, 11) is -2.28. The molecule has 1 aliphatic carbocycles. The van der Waals surface area contributed by atoms with Crippen molar-refractivity contribution in [3.8, 4) is 0 Å². The zero-order chi connectivity index (χ0) is 15.6. The Kier molecular flexibility index (Phi) is 5.21. The van der Waals surface area contributed by atoms with Crippen LogP contribution in [0.2, 0.25) is 5.02 Å². The Balaban J connectivity index is 2.22. The molecule has 2 atom stereocenters. The molecule has 0 radical (unpaired) electrons. The molecule has 1 aliphatic rings. The van der Waals surface area contributed by atoms with Crippen molar-refractivity contribution < 1.29 is 22.7 Å². The van der Waals surface area contributed by atoms with Crippen molar-refractivity contribution in [2.24, 2.45) is 0 Å². The van der Waals surface area contributed by atoms with Crippen LogP contribution >= 0.6 is 11.6 Å². The number of nitrogens with one attached hydrogen (secondary N) is 1. The summed E-state index contributed by atoms with van der Waals surface area (Å²) in [5, 5.41) is 8.83. The molecule has 1 aromatic carbocycles. The summed E-state index contributed by atoms with van der Waals surface area (Å²) in [4.78, 5) is -0.241. The van der Waals surface area contributed by atoms with E-state index in [4.69, 9.17) is 21.4 Å². The molecule has 0 heterocycles. The zero-order valence-electron chi connectivity index (χ0n) is 11.5. The van der Waals surface area contributed by atoms with Crippen LogP contribution in [0.4, 0.5) is 4.39 Å². The van der Waals surface area contributed by atoms with Gasteiger partial charge in [-0.3, -0.25) is 0 Å². The number of benzene rings is 1. The summed E-state index contributed by atoms with van der Waals surface area (Å²) >= 11 is 5.66. The molecule has 0 aliphatic heterocycles. The topological polar surface area (TPSA) is 75.6 Å². The van der Waals surface area contributed by atoms with Crippen molar-refractivity contribution in [3.63, 3.8) is 0 Å². The first-order valence-corrected chi connectivity index (χ1v) is 8.37. The van der Waals surface area contributed by atoms with Gasteiger partial charge in [-0.05, 0) is 31.4 Å². The molecule has 0 spiro atoms. The number of methoxy groups -OCH3 is 1. The highest BCUT2D eigenvalue weighted by Crippen LogP contribution is 2.26. The minimum atomic E-state index is -3.86. The average Bonchev–Trinajstić information content (AvgIpc) is 2.88. The van der Waals surface area contributed by atoms with E-state index in [0.717, 1.165) is 12.5 Å². The molecule has 118 valence electrons. The number of halogens is 2. The predicted octanol–water partition coefficient (Wildman–Crippen LogP) is 1.82. The first-order valence-electron chi connectivity index (χ1n) is 6.51. The number of sulfonamides is 1. The molecule has 21 heavy (non-hydrogen) atoms. The first kappa shape index (κ1) is 16.6. The van der Waals surface area contributed by atoms with E-state index < -0.39 is 22.4 Å². The Hall–Kier alpha value is -0.730. The number of rotatable bonds is 5. The second-order valence-electron chi connectivity index (χ2n) is 5.03. The minimum absolute atomic E-state index is 0.0349. The van der Waals surface area contributed by atoms with Gasteiger partial charge in [-0.25, -0.2) is 17.5 Å². The minimum Gasteiger partial charge on any atom is -0.392 e. The third kappa shape index (κ3) is 3.73. The highest BCUT2D eigenvalue weighted by atomic mass is 35.5. The van der Waals surface area contributed by atoms with Crippen LogP contribution in [0.25, 0.3) is 0 Å². The SMILES string of the molecule is COC1CCC(NS(=O)(=O)c2cc(F)c(Cl)c(CO)c2)C1. The van der Waals surface area contributed by atoms with Crippen molar-refractivity contribution in [3.05, 3.63) is 28.5 Å². The van der Waals surface area contributed by atoms with Gasteiger partial charge in [-0.2, -0.15) is 0 Å². The van der Waals surface area contributed by atoms with E-state index in [9.17, 15) is 12.8 Å². The van der Waals surface area contributed by atoms with Gasteiger partial charge < -0.3 is 9.84 Å². The number of hydrogen-bond acceptors (Lipinski definition) is 4. The largest absolute Gasteiger partial charge is 0.392 e. The monoisotopic (exact) mass is 337 g/mol. The lowest BCUT2D eigenvalue weighted by Gasteiger charge is -2.14. The van der Waals surface area contributed by atoms with Crippen LogP contribution in [-0.2, 0) is 21.4 Å². The molecule has 5 nitrogen and oxygen atoms in total. The molecule has 2 unspecified atom stereocenters. The van der Waals surface area contributed by atoms with Crippen molar-refractivity contribution in [2.75, 3.05) is 7.11 Å². The maximum absolute atomic E-state index is 13.6. The molecule has 0 amide bonds.